The summed E-state index contributed by atoms with van der Waals surface area (Å²) in [6.07, 6.45) is 1.86. The zero-order valence-electron chi connectivity index (χ0n) is 25.9. The Morgan fingerprint density at radius 1 is 0.510 bits per heavy atom. The lowest BCUT2D eigenvalue weighted by molar-refractivity contribution is 1.14. The van der Waals surface area contributed by atoms with Gasteiger partial charge in [-0.15, -0.1) is 11.3 Å². The van der Waals surface area contributed by atoms with E-state index in [2.05, 4.69) is 106 Å². The fraction of sp³-hybridized carbons (Fsp3) is 0. The molecule has 0 aliphatic rings. The van der Waals surface area contributed by atoms with Crippen LogP contribution in [0.2, 0.25) is 0 Å². The third-order valence-electron chi connectivity index (χ3n) is 9.58. The molecule has 6 aromatic carbocycles. The Labute approximate surface area is 284 Å². The molecule has 0 amide bonds. The zero-order chi connectivity index (χ0) is 32.6. The Kier molecular flexibility index (Phi) is 5.81. The number of benzene rings is 6. The summed E-state index contributed by atoms with van der Waals surface area (Å²) in [5.41, 5.74) is 9.04. The van der Waals surface area contributed by atoms with Crippen molar-refractivity contribution in [3.8, 4) is 34.6 Å². The highest BCUT2D eigenvalue weighted by Crippen LogP contribution is 2.43. The van der Waals surface area contributed by atoms with Gasteiger partial charge in [0, 0.05) is 59.3 Å². The maximum atomic E-state index is 10.2. The highest BCUT2D eigenvalue weighted by molar-refractivity contribution is 7.26. The monoisotopic (exact) mass is 641 g/mol. The first-order chi connectivity index (χ1) is 24.2. The Balaban J connectivity index is 1.19. The number of hydrogen-bond donors (Lipinski definition) is 0. The lowest BCUT2D eigenvalue weighted by Crippen LogP contribution is -1.97. The van der Waals surface area contributed by atoms with E-state index >= 15 is 0 Å². The zero-order valence-corrected chi connectivity index (χ0v) is 26.7. The smallest absolute Gasteiger partial charge is 0.145 e. The van der Waals surface area contributed by atoms with Gasteiger partial charge < -0.3 is 4.57 Å². The van der Waals surface area contributed by atoms with E-state index in [1.54, 1.807) is 0 Å². The Morgan fingerprint density at radius 2 is 1.29 bits per heavy atom. The van der Waals surface area contributed by atoms with Crippen LogP contribution in [0.4, 0.5) is 0 Å². The Hall–Kier alpha value is -6.73. The number of rotatable bonds is 3. The van der Waals surface area contributed by atoms with Gasteiger partial charge in [0.15, 0.2) is 0 Å². The summed E-state index contributed by atoms with van der Waals surface area (Å²) in [5, 5.41) is 26.8. The number of nitrogens with zero attached hydrogens (tertiary/aromatic N) is 5. The molecule has 226 valence electrons. The van der Waals surface area contributed by atoms with Crippen LogP contribution in [0.15, 0.2) is 140 Å². The van der Waals surface area contributed by atoms with Crippen LogP contribution in [-0.4, -0.2) is 14.1 Å². The SMILES string of the molecule is N#Cc1cc(-c2cccc(-n3c4ccc5c6ccccc6sc5c4c4cccnc43)c2)cc(-n2c3ccccc3c3cc(C#N)ccc32)c1. The number of aromatic nitrogens is 3. The molecule has 0 saturated carbocycles. The van der Waals surface area contributed by atoms with Crippen LogP contribution in [-0.2, 0) is 0 Å². The van der Waals surface area contributed by atoms with Gasteiger partial charge in [-0.3, -0.25) is 4.57 Å². The van der Waals surface area contributed by atoms with Gasteiger partial charge in [-0.05, 0) is 90.0 Å². The average Bonchev–Trinajstić information content (AvgIpc) is 3.82. The average molecular weight is 642 g/mol. The van der Waals surface area contributed by atoms with E-state index < -0.39 is 0 Å². The van der Waals surface area contributed by atoms with E-state index in [9.17, 15) is 10.5 Å². The Morgan fingerprint density at radius 3 is 2.18 bits per heavy atom. The van der Waals surface area contributed by atoms with Crippen molar-refractivity contribution < 1.29 is 0 Å². The fourth-order valence-electron chi connectivity index (χ4n) is 7.49. The van der Waals surface area contributed by atoms with Gasteiger partial charge >= 0.3 is 0 Å². The second kappa shape index (κ2) is 10.4. The van der Waals surface area contributed by atoms with Crippen molar-refractivity contribution in [1.29, 1.82) is 10.5 Å². The predicted molar refractivity (Wildman–Crippen MR) is 201 cm³/mol. The highest BCUT2D eigenvalue weighted by Gasteiger charge is 2.19. The summed E-state index contributed by atoms with van der Waals surface area (Å²) in [6, 6.07) is 50.4. The molecule has 6 heteroatoms. The molecule has 0 fully saturated rings. The molecule has 10 aromatic rings. The van der Waals surface area contributed by atoms with Crippen molar-refractivity contribution in [2.45, 2.75) is 0 Å². The van der Waals surface area contributed by atoms with Gasteiger partial charge in [0.05, 0.1) is 39.8 Å². The number of para-hydroxylation sites is 1. The van der Waals surface area contributed by atoms with Crippen LogP contribution in [0.1, 0.15) is 11.1 Å². The number of nitriles is 2. The molecule has 0 radical (unpaired) electrons. The minimum atomic E-state index is 0.572. The van der Waals surface area contributed by atoms with Crippen LogP contribution in [0.3, 0.4) is 0 Å². The third-order valence-corrected chi connectivity index (χ3v) is 10.8. The van der Waals surface area contributed by atoms with E-state index in [1.165, 1.54) is 25.6 Å². The summed E-state index contributed by atoms with van der Waals surface area (Å²) < 4.78 is 6.99. The lowest BCUT2D eigenvalue weighted by atomic mass is 10.0. The van der Waals surface area contributed by atoms with Gasteiger partial charge in [0.25, 0.3) is 0 Å². The van der Waals surface area contributed by atoms with Crippen LogP contribution >= 0.6 is 11.3 Å². The molecule has 49 heavy (non-hydrogen) atoms. The maximum absolute atomic E-state index is 10.2. The van der Waals surface area contributed by atoms with Crippen LogP contribution < -0.4 is 0 Å². The summed E-state index contributed by atoms with van der Waals surface area (Å²) >= 11 is 1.83. The molecule has 4 heterocycles. The minimum absolute atomic E-state index is 0.572. The van der Waals surface area contributed by atoms with E-state index in [0.29, 0.717) is 11.1 Å². The molecule has 0 N–H and O–H groups in total. The molecule has 0 bridgehead atoms. The molecule has 0 aliphatic carbocycles. The van der Waals surface area contributed by atoms with Crippen molar-refractivity contribution in [1.82, 2.24) is 14.1 Å². The van der Waals surface area contributed by atoms with Crippen LogP contribution in [0.5, 0.6) is 0 Å². The predicted octanol–water partition coefficient (Wildman–Crippen LogP) is 11.1. The van der Waals surface area contributed by atoms with Crippen molar-refractivity contribution in [2.24, 2.45) is 0 Å². The number of hydrogen-bond acceptors (Lipinski definition) is 4. The lowest BCUT2D eigenvalue weighted by Gasteiger charge is -2.13. The van der Waals surface area contributed by atoms with E-state index in [1.807, 2.05) is 66.1 Å². The molecule has 0 atom stereocenters. The molecule has 0 spiro atoms. The molecule has 0 unspecified atom stereocenters. The van der Waals surface area contributed by atoms with Crippen LogP contribution in [0.25, 0.3) is 86.4 Å². The number of thiophene rings is 1. The summed E-state index contributed by atoms with van der Waals surface area (Å²) in [6.45, 7) is 0. The Bertz CT molecular complexity index is 3090. The topological polar surface area (TPSA) is 70.3 Å². The second-order valence-electron chi connectivity index (χ2n) is 12.3. The van der Waals surface area contributed by atoms with Crippen LogP contribution in [0, 0.1) is 22.7 Å². The van der Waals surface area contributed by atoms with E-state index in [-0.39, 0.29) is 0 Å². The first kappa shape index (κ1) is 27.4. The van der Waals surface area contributed by atoms with Crippen molar-refractivity contribution >= 4 is 75.3 Å². The summed E-state index contributed by atoms with van der Waals surface area (Å²) in [5.74, 6) is 0. The van der Waals surface area contributed by atoms with Crippen molar-refractivity contribution in [2.75, 3.05) is 0 Å². The quantitative estimate of drug-likeness (QED) is 0.193. The highest BCUT2D eigenvalue weighted by atomic mass is 32.1. The van der Waals surface area contributed by atoms with Gasteiger partial charge in [0.1, 0.15) is 5.65 Å². The molecule has 5 nitrogen and oxygen atoms in total. The van der Waals surface area contributed by atoms with Gasteiger partial charge in [-0.1, -0.05) is 54.6 Å². The second-order valence-corrected chi connectivity index (χ2v) is 13.3. The first-order valence-corrected chi connectivity index (χ1v) is 16.8. The number of fused-ring (bicyclic) bond motifs is 10. The molecule has 0 saturated heterocycles. The van der Waals surface area contributed by atoms with Crippen molar-refractivity contribution in [3.05, 3.63) is 151 Å². The third kappa shape index (κ3) is 3.99. The first-order valence-electron chi connectivity index (χ1n) is 16.0. The largest absolute Gasteiger partial charge is 0.309 e. The van der Waals surface area contributed by atoms with Gasteiger partial charge in [-0.25, -0.2) is 4.98 Å². The number of pyridine rings is 1. The van der Waals surface area contributed by atoms with E-state index in [0.717, 1.165) is 60.9 Å². The molecule has 0 aliphatic heterocycles. The van der Waals surface area contributed by atoms with Crippen molar-refractivity contribution in [3.63, 3.8) is 0 Å². The fourth-order valence-corrected chi connectivity index (χ4v) is 8.75. The molecular formula is C43H23N5S. The maximum Gasteiger partial charge on any atom is 0.145 e. The summed E-state index contributed by atoms with van der Waals surface area (Å²) in [4.78, 5) is 4.90. The molecule has 10 rings (SSSR count). The molecule has 4 aromatic heterocycles. The molecular weight excluding hydrogens is 619 g/mol. The van der Waals surface area contributed by atoms with Gasteiger partial charge in [0.2, 0.25) is 0 Å². The van der Waals surface area contributed by atoms with Gasteiger partial charge in [-0.2, -0.15) is 10.5 Å². The normalized spacial score (nSPS) is 11.6. The minimum Gasteiger partial charge on any atom is -0.309 e. The van der Waals surface area contributed by atoms with E-state index in [4.69, 9.17) is 4.98 Å². The summed E-state index contributed by atoms with van der Waals surface area (Å²) in [7, 11) is 0. The standard InChI is InChI=1S/C43H23N5S/c44-24-26-14-16-38-36(21-26)32-9-1-3-12-37(32)47(38)31-20-27(25-45)19-29(23-31)28-7-5-8-30(22-28)48-39-17-15-34-33-10-2-4-13-40(33)49-42(34)41(39)35-11-6-18-46-43(35)48/h1-23H.